The first kappa shape index (κ1) is 9.96. The fraction of sp³-hybridized carbons (Fsp3) is 1.00. The molecule has 3 nitrogen and oxygen atoms in total. The zero-order chi connectivity index (χ0) is 8.97. The van der Waals surface area contributed by atoms with Crippen LogP contribution < -0.4 is 0 Å². The molecule has 0 bridgehead atoms. The van der Waals surface area contributed by atoms with Crippen LogP contribution in [-0.4, -0.2) is 42.0 Å². The Kier molecular flexibility index (Phi) is 3.98. The van der Waals surface area contributed by atoms with Crippen LogP contribution in [0.4, 0.5) is 0 Å². The fourth-order valence-electron chi connectivity index (χ4n) is 1.78. The zero-order valence-corrected chi connectivity index (χ0v) is 7.99. The van der Waals surface area contributed by atoms with E-state index in [-0.39, 0.29) is 6.23 Å². The Balaban J connectivity index is 2.30. The van der Waals surface area contributed by atoms with E-state index in [1.165, 1.54) is 6.42 Å². The smallest absolute Gasteiger partial charge is 0.104 e. The molecule has 0 aromatic rings. The van der Waals surface area contributed by atoms with Gasteiger partial charge in [-0.05, 0) is 26.7 Å². The highest BCUT2D eigenvalue weighted by atomic mass is 16.5. The average molecular weight is 173 g/mol. The first-order chi connectivity index (χ1) is 5.75. The molecule has 1 heterocycles. The molecule has 1 aliphatic rings. The molecule has 1 aliphatic heterocycles. The molecule has 0 saturated carbocycles. The molecule has 1 fully saturated rings. The van der Waals surface area contributed by atoms with Crippen molar-refractivity contribution in [1.29, 1.82) is 0 Å². The molecule has 1 N–H and O–H groups in total. The first-order valence-corrected chi connectivity index (χ1v) is 4.77. The molecule has 0 spiro atoms. The molecule has 0 radical (unpaired) electrons. The normalized spacial score (nSPS) is 27.8. The summed E-state index contributed by atoms with van der Waals surface area (Å²) in [5.74, 6) is 0. The number of hydrogen-bond donors (Lipinski definition) is 1. The van der Waals surface area contributed by atoms with E-state index in [4.69, 9.17) is 4.74 Å². The van der Waals surface area contributed by atoms with Crippen molar-refractivity contribution >= 4 is 0 Å². The van der Waals surface area contributed by atoms with Crippen molar-refractivity contribution in [3.63, 3.8) is 0 Å². The van der Waals surface area contributed by atoms with Crippen molar-refractivity contribution in [1.82, 2.24) is 4.90 Å². The Hall–Kier alpha value is -0.120. The van der Waals surface area contributed by atoms with Crippen LogP contribution in [0.15, 0.2) is 0 Å². The van der Waals surface area contributed by atoms with Crippen molar-refractivity contribution in [3.8, 4) is 0 Å². The van der Waals surface area contributed by atoms with Gasteiger partial charge in [-0.3, -0.25) is 4.90 Å². The Labute approximate surface area is 74.3 Å². The van der Waals surface area contributed by atoms with Gasteiger partial charge in [0.25, 0.3) is 0 Å². The summed E-state index contributed by atoms with van der Waals surface area (Å²) in [6.45, 7) is 6.37. The van der Waals surface area contributed by atoms with Gasteiger partial charge in [0, 0.05) is 19.2 Å². The molecule has 2 atom stereocenters. The summed E-state index contributed by atoms with van der Waals surface area (Å²) in [6, 6.07) is 0.435. The molecule has 3 heteroatoms. The molecule has 0 aromatic heterocycles. The second kappa shape index (κ2) is 4.80. The van der Waals surface area contributed by atoms with Crippen LogP contribution in [0.1, 0.15) is 26.7 Å². The molecule has 0 amide bonds. The van der Waals surface area contributed by atoms with Gasteiger partial charge in [0.2, 0.25) is 0 Å². The van der Waals surface area contributed by atoms with Gasteiger partial charge in [-0.1, -0.05) is 0 Å². The lowest BCUT2D eigenvalue weighted by molar-refractivity contribution is -0.0172. The summed E-state index contributed by atoms with van der Waals surface area (Å²) in [6.07, 6.45) is 2.02. The summed E-state index contributed by atoms with van der Waals surface area (Å²) in [5, 5.41) is 9.39. The second-order valence-corrected chi connectivity index (χ2v) is 3.33. The second-order valence-electron chi connectivity index (χ2n) is 3.33. The van der Waals surface area contributed by atoms with E-state index in [2.05, 4.69) is 4.90 Å². The third-order valence-corrected chi connectivity index (χ3v) is 2.42. The van der Waals surface area contributed by atoms with Gasteiger partial charge in [0.1, 0.15) is 6.23 Å². The van der Waals surface area contributed by atoms with Crippen LogP contribution in [0.5, 0.6) is 0 Å². The van der Waals surface area contributed by atoms with Gasteiger partial charge < -0.3 is 9.84 Å². The first-order valence-electron chi connectivity index (χ1n) is 4.77. The number of nitrogens with zero attached hydrogens (tertiary/aromatic N) is 1. The highest BCUT2D eigenvalue weighted by Gasteiger charge is 2.27. The minimum atomic E-state index is -0.321. The SMILES string of the molecule is CCOCC1CCCN1C(C)O. The third-order valence-electron chi connectivity index (χ3n) is 2.42. The van der Waals surface area contributed by atoms with Crippen molar-refractivity contribution in [3.05, 3.63) is 0 Å². The van der Waals surface area contributed by atoms with Gasteiger partial charge >= 0.3 is 0 Å². The van der Waals surface area contributed by atoms with E-state index < -0.39 is 0 Å². The highest BCUT2D eigenvalue weighted by molar-refractivity contribution is 4.79. The Morgan fingerprint density at radius 3 is 3.00 bits per heavy atom. The van der Waals surface area contributed by atoms with E-state index >= 15 is 0 Å². The average Bonchev–Trinajstić information content (AvgIpc) is 2.48. The van der Waals surface area contributed by atoms with E-state index in [0.29, 0.717) is 6.04 Å². The molecule has 2 unspecified atom stereocenters. The van der Waals surface area contributed by atoms with Crippen LogP contribution in [0, 0.1) is 0 Å². The van der Waals surface area contributed by atoms with E-state index in [0.717, 1.165) is 26.2 Å². The standard InChI is InChI=1S/C9H19NO2/c1-3-12-7-9-5-4-6-10(9)8(2)11/h8-9,11H,3-7H2,1-2H3. The lowest BCUT2D eigenvalue weighted by Crippen LogP contribution is -2.39. The van der Waals surface area contributed by atoms with Gasteiger partial charge in [0.05, 0.1) is 6.61 Å². The minimum absolute atomic E-state index is 0.321. The predicted octanol–water partition coefficient (Wildman–Crippen LogP) is 0.826. The van der Waals surface area contributed by atoms with Gasteiger partial charge in [0.15, 0.2) is 0 Å². The highest BCUT2D eigenvalue weighted by Crippen LogP contribution is 2.18. The van der Waals surface area contributed by atoms with E-state index in [1.54, 1.807) is 0 Å². The third kappa shape index (κ3) is 2.44. The van der Waals surface area contributed by atoms with Crippen molar-refractivity contribution in [2.45, 2.75) is 39.0 Å². The molecule has 72 valence electrons. The molecule has 12 heavy (non-hydrogen) atoms. The lowest BCUT2D eigenvalue weighted by atomic mass is 10.2. The molecule has 0 aromatic carbocycles. The van der Waals surface area contributed by atoms with Gasteiger partial charge in [-0.25, -0.2) is 0 Å². The van der Waals surface area contributed by atoms with Crippen LogP contribution >= 0.6 is 0 Å². The number of ether oxygens (including phenoxy) is 1. The quantitative estimate of drug-likeness (QED) is 0.683. The number of hydrogen-bond acceptors (Lipinski definition) is 3. The summed E-state index contributed by atoms with van der Waals surface area (Å²) in [4.78, 5) is 2.11. The van der Waals surface area contributed by atoms with Gasteiger partial charge in [-0.15, -0.1) is 0 Å². The van der Waals surface area contributed by atoms with Crippen LogP contribution in [0.3, 0.4) is 0 Å². The maximum Gasteiger partial charge on any atom is 0.104 e. The molecular weight excluding hydrogens is 154 g/mol. The lowest BCUT2D eigenvalue weighted by Gasteiger charge is -2.26. The van der Waals surface area contributed by atoms with Gasteiger partial charge in [-0.2, -0.15) is 0 Å². The van der Waals surface area contributed by atoms with Crippen LogP contribution in [-0.2, 0) is 4.74 Å². The maximum absolute atomic E-state index is 9.39. The van der Waals surface area contributed by atoms with E-state index in [1.807, 2.05) is 13.8 Å². The number of likely N-dealkylation sites (tertiary alicyclic amines) is 1. The predicted molar refractivity (Wildman–Crippen MR) is 47.9 cm³/mol. The van der Waals surface area contributed by atoms with Crippen LogP contribution in [0.25, 0.3) is 0 Å². The molecular formula is C9H19NO2. The van der Waals surface area contributed by atoms with Crippen molar-refractivity contribution in [2.24, 2.45) is 0 Å². The summed E-state index contributed by atoms with van der Waals surface area (Å²) in [7, 11) is 0. The molecule has 1 saturated heterocycles. The number of aliphatic hydroxyl groups is 1. The van der Waals surface area contributed by atoms with Crippen molar-refractivity contribution in [2.75, 3.05) is 19.8 Å². The maximum atomic E-state index is 9.39. The Morgan fingerprint density at radius 1 is 1.67 bits per heavy atom. The molecule has 1 rings (SSSR count). The summed E-state index contributed by atoms with van der Waals surface area (Å²) >= 11 is 0. The summed E-state index contributed by atoms with van der Waals surface area (Å²) in [5.41, 5.74) is 0. The largest absolute Gasteiger partial charge is 0.380 e. The van der Waals surface area contributed by atoms with Crippen LogP contribution in [0.2, 0.25) is 0 Å². The summed E-state index contributed by atoms with van der Waals surface area (Å²) < 4.78 is 5.35. The van der Waals surface area contributed by atoms with E-state index in [9.17, 15) is 5.11 Å². The Bertz CT molecular complexity index is 128. The molecule has 0 aliphatic carbocycles. The monoisotopic (exact) mass is 173 g/mol. The zero-order valence-electron chi connectivity index (χ0n) is 7.99. The number of aliphatic hydroxyl groups excluding tert-OH is 1. The van der Waals surface area contributed by atoms with Crippen molar-refractivity contribution < 1.29 is 9.84 Å². The Morgan fingerprint density at radius 2 is 2.42 bits per heavy atom. The number of rotatable bonds is 4. The fourth-order valence-corrected chi connectivity index (χ4v) is 1.78. The topological polar surface area (TPSA) is 32.7 Å². The minimum Gasteiger partial charge on any atom is -0.380 e.